The minimum atomic E-state index is -0.356. The van der Waals surface area contributed by atoms with Crippen LogP contribution in [-0.4, -0.2) is 43.5 Å². The summed E-state index contributed by atoms with van der Waals surface area (Å²) in [7, 11) is 0. The van der Waals surface area contributed by atoms with Gasteiger partial charge in [-0.1, -0.05) is 20.3 Å². The van der Waals surface area contributed by atoms with Gasteiger partial charge in [-0.3, -0.25) is 4.79 Å². The Balaban J connectivity index is 2.22. The molecule has 1 aliphatic rings. The van der Waals surface area contributed by atoms with Gasteiger partial charge >= 0.3 is 0 Å². The predicted octanol–water partition coefficient (Wildman–Crippen LogP) is 1.74. The minimum Gasteiger partial charge on any atom is -0.356 e. The molecule has 0 aromatic carbocycles. The number of amides is 1. The Labute approximate surface area is 118 Å². The third kappa shape index (κ3) is 4.77. The normalized spacial score (nSPS) is 17.4. The summed E-state index contributed by atoms with van der Waals surface area (Å²) < 4.78 is 0. The summed E-state index contributed by atoms with van der Waals surface area (Å²) in [6.45, 7) is 8.87. The van der Waals surface area contributed by atoms with Crippen molar-refractivity contribution in [2.24, 2.45) is 11.1 Å². The van der Waals surface area contributed by atoms with Crippen LogP contribution < -0.4 is 11.1 Å². The van der Waals surface area contributed by atoms with Crippen LogP contribution in [0, 0.1) is 5.41 Å². The molecule has 112 valence electrons. The summed E-state index contributed by atoms with van der Waals surface area (Å²) in [5.74, 6) is 0.138. The van der Waals surface area contributed by atoms with Crippen molar-refractivity contribution >= 4 is 5.91 Å². The van der Waals surface area contributed by atoms with Crippen molar-refractivity contribution in [3.63, 3.8) is 0 Å². The van der Waals surface area contributed by atoms with E-state index in [1.54, 1.807) is 0 Å². The molecular weight excluding hydrogens is 238 g/mol. The molecular formula is C15H31N3O. The number of nitrogens with one attached hydrogen (secondary N) is 1. The summed E-state index contributed by atoms with van der Waals surface area (Å²) in [5.41, 5.74) is 5.43. The van der Waals surface area contributed by atoms with Crippen LogP contribution in [0.3, 0.4) is 0 Å². The number of carbonyl (C=O) groups excluding carboxylic acids is 1. The number of nitrogens with zero attached hydrogens (tertiary/aromatic N) is 1. The summed E-state index contributed by atoms with van der Waals surface area (Å²) in [4.78, 5) is 14.7. The maximum absolute atomic E-state index is 12.2. The number of nitrogens with two attached hydrogens (primary N) is 1. The van der Waals surface area contributed by atoms with E-state index in [1.165, 1.54) is 32.4 Å². The first-order chi connectivity index (χ1) is 9.18. The highest BCUT2D eigenvalue weighted by Crippen LogP contribution is 2.24. The first-order valence-electron chi connectivity index (χ1n) is 7.89. The molecule has 0 aliphatic carbocycles. The van der Waals surface area contributed by atoms with Gasteiger partial charge in [0.15, 0.2) is 0 Å². The van der Waals surface area contributed by atoms with E-state index in [0.717, 1.165) is 32.4 Å². The average molecular weight is 269 g/mol. The van der Waals surface area contributed by atoms with E-state index in [1.807, 2.05) is 13.8 Å². The zero-order chi connectivity index (χ0) is 14.1. The van der Waals surface area contributed by atoms with Crippen molar-refractivity contribution in [1.29, 1.82) is 0 Å². The molecule has 1 saturated heterocycles. The van der Waals surface area contributed by atoms with Gasteiger partial charge in [-0.2, -0.15) is 0 Å². The van der Waals surface area contributed by atoms with Gasteiger partial charge in [0, 0.05) is 13.1 Å². The van der Waals surface area contributed by atoms with E-state index in [2.05, 4.69) is 10.2 Å². The molecule has 0 unspecified atom stereocenters. The second kappa shape index (κ2) is 8.54. The largest absolute Gasteiger partial charge is 0.356 e. The SMILES string of the molecule is CCC(CC)(CN)C(=O)NCCCN1CCCCC1. The van der Waals surface area contributed by atoms with Gasteiger partial charge in [-0.15, -0.1) is 0 Å². The molecule has 1 fully saturated rings. The van der Waals surface area contributed by atoms with Crippen LogP contribution in [0.25, 0.3) is 0 Å². The van der Waals surface area contributed by atoms with Gasteiger partial charge in [0.25, 0.3) is 0 Å². The van der Waals surface area contributed by atoms with Crippen molar-refractivity contribution in [3.8, 4) is 0 Å². The van der Waals surface area contributed by atoms with Gasteiger partial charge in [-0.25, -0.2) is 0 Å². The Morgan fingerprint density at radius 2 is 1.84 bits per heavy atom. The lowest BCUT2D eigenvalue weighted by atomic mass is 9.81. The maximum atomic E-state index is 12.2. The van der Waals surface area contributed by atoms with E-state index in [9.17, 15) is 4.79 Å². The molecule has 4 nitrogen and oxygen atoms in total. The smallest absolute Gasteiger partial charge is 0.227 e. The Bertz CT molecular complexity index is 250. The van der Waals surface area contributed by atoms with Crippen molar-refractivity contribution in [2.75, 3.05) is 32.7 Å². The molecule has 0 radical (unpaired) electrons. The van der Waals surface area contributed by atoms with Gasteiger partial charge < -0.3 is 16.0 Å². The van der Waals surface area contributed by atoms with Crippen LogP contribution in [0.2, 0.25) is 0 Å². The highest BCUT2D eigenvalue weighted by molar-refractivity contribution is 5.82. The minimum absolute atomic E-state index is 0.138. The summed E-state index contributed by atoms with van der Waals surface area (Å²) in [6, 6.07) is 0. The summed E-state index contributed by atoms with van der Waals surface area (Å²) in [6.07, 6.45) is 6.71. The van der Waals surface area contributed by atoms with E-state index in [4.69, 9.17) is 5.73 Å². The molecule has 0 saturated carbocycles. The number of piperidine rings is 1. The Hall–Kier alpha value is -0.610. The molecule has 1 rings (SSSR count). The lowest BCUT2D eigenvalue weighted by Crippen LogP contribution is -2.46. The molecule has 0 aromatic rings. The van der Waals surface area contributed by atoms with Crippen LogP contribution in [0.4, 0.5) is 0 Å². The standard InChI is InChI=1S/C15H31N3O/c1-3-15(4-2,13-16)14(19)17-9-8-12-18-10-6-5-7-11-18/h3-13,16H2,1-2H3,(H,17,19). The molecule has 3 N–H and O–H groups in total. The molecule has 1 heterocycles. The molecule has 1 aliphatic heterocycles. The first-order valence-corrected chi connectivity index (χ1v) is 7.89. The molecule has 1 amide bonds. The third-order valence-corrected chi connectivity index (χ3v) is 4.61. The van der Waals surface area contributed by atoms with E-state index in [-0.39, 0.29) is 11.3 Å². The fourth-order valence-electron chi connectivity index (χ4n) is 2.83. The van der Waals surface area contributed by atoms with Crippen molar-refractivity contribution in [2.45, 2.75) is 52.4 Å². The molecule has 0 atom stereocenters. The number of carbonyl (C=O) groups is 1. The number of likely N-dealkylation sites (tertiary alicyclic amines) is 1. The highest BCUT2D eigenvalue weighted by atomic mass is 16.2. The van der Waals surface area contributed by atoms with Crippen LogP contribution in [0.15, 0.2) is 0 Å². The zero-order valence-corrected chi connectivity index (χ0v) is 12.7. The average Bonchev–Trinajstić information content (AvgIpc) is 2.47. The molecule has 4 heteroatoms. The topological polar surface area (TPSA) is 58.4 Å². The number of hydrogen-bond donors (Lipinski definition) is 2. The van der Waals surface area contributed by atoms with Gasteiger partial charge in [0.2, 0.25) is 5.91 Å². The van der Waals surface area contributed by atoms with E-state index < -0.39 is 0 Å². The number of hydrogen-bond acceptors (Lipinski definition) is 3. The Kier molecular flexibility index (Phi) is 7.39. The van der Waals surface area contributed by atoms with Crippen molar-refractivity contribution < 1.29 is 4.79 Å². The van der Waals surface area contributed by atoms with E-state index in [0.29, 0.717) is 6.54 Å². The Morgan fingerprint density at radius 3 is 2.37 bits per heavy atom. The molecule has 0 bridgehead atoms. The van der Waals surface area contributed by atoms with Crippen LogP contribution in [0.1, 0.15) is 52.4 Å². The van der Waals surface area contributed by atoms with Crippen molar-refractivity contribution in [1.82, 2.24) is 10.2 Å². The quantitative estimate of drug-likeness (QED) is 0.660. The van der Waals surface area contributed by atoms with Gasteiger partial charge in [-0.05, 0) is 51.7 Å². The van der Waals surface area contributed by atoms with E-state index >= 15 is 0 Å². The van der Waals surface area contributed by atoms with Crippen LogP contribution in [-0.2, 0) is 4.79 Å². The monoisotopic (exact) mass is 269 g/mol. The lowest BCUT2D eigenvalue weighted by molar-refractivity contribution is -0.131. The van der Waals surface area contributed by atoms with Crippen molar-refractivity contribution in [3.05, 3.63) is 0 Å². The number of rotatable bonds is 8. The lowest BCUT2D eigenvalue weighted by Gasteiger charge is -2.29. The zero-order valence-electron chi connectivity index (χ0n) is 12.7. The first kappa shape index (κ1) is 16.4. The molecule has 0 spiro atoms. The second-order valence-electron chi connectivity index (χ2n) is 5.70. The maximum Gasteiger partial charge on any atom is 0.227 e. The summed E-state index contributed by atoms with van der Waals surface area (Å²) >= 11 is 0. The fraction of sp³-hybridized carbons (Fsp3) is 0.933. The summed E-state index contributed by atoms with van der Waals surface area (Å²) in [5, 5.41) is 3.07. The predicted molar refractivity (Wildman–Crippen MR) is 80.0 cm³/mol. The van der Waals surface area contributed by atoms with Crippen LogP contribution in [0.5, 0.6) is 0 Å². The molecule has 0 aromatic heterocycles. The van der Waals surface area contributed by atoms with Gasteiger partial charge in [0.1, 0.15) is 0 Å². The third-order valence-electron chi connectivity index (χ3n) is 4.61. The highest BCUT2D eigenvalue weighted by Gasteiger charge is 2.32. The van der Waals surface area contributed by atoms with Gasteiger partial charge in [0.05, 0.1) is 5.41 Å². The molecule has 19 heavy (non-hydrogen) atoms. The second-order valence-corrected chi connectivity index (χ2v) is 5.70. The van der Waals surface area contributed by atoms with Crippen LogP contribution >= 0.6 is 0 Å². The Morgan fingerprint density at radius 1 is 1.21 bits per heavy atom. The fourth-order valence-corrected chi connectivity index (χ4v) is 2.83.